The zero-order valence-corrected chi connectivity index (χ0v) is 10.6. The molecule has 1 saturated heterocycles. The van der Waals surface area contributed by atoms with Crippen LogP contribution in [0, 0.1) is 5.92 Å². The maximum atomic E-state index is 11.7. The van der Waals surface area contributed by atoms with Crippen molar-refractivity contribution in [2.24, 2.45) is 5.92 Å². The molecule has 0 aromatic heterocycles. The van der Waals surface area contributed by atoms with Gasteiger partial charge in [-0.15, -0.1) is 0 Å². The number of carbonyl (C=O) groups is 1. The highest BCUT2D eigenvalue weighted by Gasteiger charge is 2.20. The first-order valence-corrected chi connectivity index (χ1v) is 6.32. The fourth-order valence-corrected chi connectivity index (χ4v) is 2.20. The van der Waals surface area contributed by atoms with Crippen LogP contribution in [-0.4, -0.2) is 31.3 Å². The normalized spacial score (nSPS) is 22.1. The van der Waals surface area contributed by atoms with E-state index in [1.165, 1.54) is 0 Å². The largest absolute Gasteiger partial charge is 0.379 e. The van der Waals surface area contributed by atoms with Gasteiger partial charge < -0.3 is 15.4 Å². The molecule has 1 fully saturated rings. The second-order valence-corrected chi connectivity index (χ2v) is 4.54. The molecule has 2 N–H and O–H groups in total. The Morgan fingerprint density at radius 1 is 1.44 bits per heavy atom. The van der Waals surface area contributed by atoms with Crippen LogP contribution in [-0.2, 0) is 4.74 Å². The van der Waals surface area contributed by atoms with E-state index in [9.17, 15) is 4.79 Å². The van der Waals surface area contributed by atoms with Gasteiger partial charge in [0.05, 0.1) is 12.6 Å². The number of urea groups is 1. The van der Waals surface area contributed by atoms with E-state index in [2.05, 4.69) is 31.4 Å². The van der Waals surface area contributed by atoms with Crippen LogP contribution < -0.4 is 10.6 Å². The molecule has 0 spiro atoms. The zero-order chi connectivity index (χ0) is 12.0. The Labute approximate surface area is 98.1 Å². The van der Waals surface area contributed by atoms with E-state index < -0.39 is 0 Å². The first-order chi connectivity index (χ1) is 7.67. The number of carbonyl (C=O) groups excluding carboxylic acids is 1. The molecule has 94 valence electrons. The summed E-state index contributed by atoms with van der Waals surface area (Å²) in [6.45, 7) is 7.80. The summed E-state index contributed by atoms with van der Waals surface area (Å²) in [7, 11) is 0. The maximum absolute atomic E-state index is 11.7. The molecule has 0 aromatic rings. The fraction of sp³-hybridized carbons (Fsp3) is 0.917. The van der Waals surface area contributed by atoms with E-state index in [0.29, 0.717) is 12.5 Å². The van der Waals surface area contributed by atoms with Crippen LogP contribution in [0.3, 0.4) is 0 Å². The summed E-state index contributed by atoms with van der Waals surface area (Å²) in [5, 5.41) is 5.94. The lowest BCUT2D eigenvalue weighted by molar-refractivity contribution is 0.187. The van der Waals surface area contributed by atoms with Crippen LogP contribution in [0.15, 0.2) is 0 Å². The van der Waals surface area contributed by atoms with Crippen molar-refractivity contribution in [2.45, 2.75) is 52.1 Å². The molecule has 2 unspecified atom stereocenters. The fourth-order valence-electron chi connectivity index (χ4n) is 2.20. The summed E-state index contributed by atoms with van der Waals surface area (Å²) in [6, 6.07) is 0.362. The average Bonchev–Trinajstić information content (AvgIpc) is 2.71. The van der Waals surface area contributed by atoms with E-state index in [1.807, 2.05) is 0 Å². The Kier molecular flexibility index (Phi) is 5.60. The SMILES string of the molecule is CCC(CC)C(C)NC(=O)NC1CCOC1. The van der Waals surface area contributed by atoms with Gasteiger partial charge in [0.1, 0.15) is 0 Å². The highest BCUT2D eigenvalue weighted by atomic mass is 16.5. The molecule has 1 heterocycles. The third-order valence-corrected chi connectivity index (χ3v) is 3.38. The molecule has 2 amide bonds. The van der Waals surface area contributed by atoms with Gasteiger partial charge >= 0.3 is 6.03 Å². The number of nitrogens with one attached hydrogen (secondary N) is 2. The molecule has 4 heteroatoms. The minimum atomic E-state index is -0.0603. The van der Waals surface area contributed by atoms with Gasteiger partial charge in [-0.3, -0.25) is 0 Å². The van der Waals surface area contributed by atoms with Crippen molar-refractivity contribution in [3.8, 4) is 0 Å². The summed E-state index contributed by atoms with van der Waals surface area (Å²) >= 11 is 0. The molecule has 0 aliphatic carbocycles. The van der Waals surface area contributed by atoms with Gasteiger partial charge in [0.25, 0.3) is 0 Å². The van der Waals surface area contributed by atoms with Crippen molar-refractivity contribution in [2.75, 3.05) is 13.2 Å². The van der Waals surface area contributed by atoms with E-state index in [1.54, 1.807) is 0 Å². The molecule has 1 aliphatic heterocycles. The quantitative estimate of drug-likeness (QED) is 0.755. The van der Waals surface area contributed by atoms with Crippen LogP contribution in [0.25, 0.3) is 0 Å². The summed E-state index contributed by atoms with van der Waals surface area (Å²) in [5.41, 5.74) is 0. The molecule has 0 bridgehead atoms. The predicted molar refractivity (Wildman–Crippen MR) is 64.4 cm³/mol. The van der Waals surface area contributed by atoms with Crippen molar-refractivity contribution >= 4 is 6.03 Å². The molecule has 0 radical (unpaired) electrons. The lowest BCUT2D eigenvalue weighted by Gasteiger charge is -2.23. The van der Waals surface area contributed by atoms with Crippen LogP contribution in [0.4, 0.5) is 4.79 Å². The van der Waals surface area contributed by atoms with Crippen LogP contribution in [0.2, 0.25) is 0 Å². The molecule has 4 nitrogen and oxygen atoms in total. The minimum absolute atomic E-state index is 0.0603. The van der Waals surface area contributed by atoms with Crippen molar-refractivity contribution in [1.29, 1.82) is 0 Å². The molecule has 0 saturated carbocycles. The minimum Gasteiger partial charge on any atom is -0.379 e. The van der Waals surface area contributed by atoms with Gasteiger partial charge in [0.15, 0.2) is 0 Å². The van der Waals surface area contributed by atoms with Crippen molar-refractivity contribution in [1.82, 2.24) is 10.6 Å². The lowest BCUT2D eigenvalue weighted by Crippen LogP contribution is -2.47. The maximum Gasteiger partial charge on any atom is 0.315 e. The van der Waals surface area contributed by atoms with Gasteiger partial charge in [-0.05, 0) is 19.3 Å². The highest BCUT2D eigenvalue weighted by Crippen LogP contribution is 2.12. The summed E-state index contributed by atoms with van der Waals surface area (Å²) in [4.78, 5) is 11.7. The van der Waals surface area contributed by atoms with Gasteiger partial charge in [0.2, 0.25) is 0 Å². The molecule has 1 rings (SSSR count). The molecule has 1 aliphatic rings. The topological polar surface area (TPSA) is 50.4 Å². The van der Waals surface area contributed by atoms with Gasteiger partial charge in [-0.1, -0.05) is 26.7 Å². The number of hydrogen-bond donors (Lipinski definition) is 2. The third-order valence-electron chi connectivity index (χ3n) is 3.38. The third kappa shape index (κ3) is 4.00. The molecule has 2 atom stereocenters. The van der Waals surface area contributed by atoms with Crippen LogP contribution in [0.5, 0.6) is 0 Å². The second-order valence-electron chi connectivity index (χ2n) is 4.54. The van der Waals surface area contributed by atoms with Crippen molar-refractivity contribution in [3.05, 3.63) is 0 Å². The molecule has 16 heavy (non-hydrogen) atoms. The summed E-state index contributed by atoms with van der Waals surface area (Å²) < 4.78 is 5.21. The van der Waals surface area contributed by atoms with E-state index in [-0.39, 0.29) is 18.1 Å². The Morgan fingerprint density at radius 3 is 2.62 bits per heavy atom. The van der Waals surface area contributed by atoms with Gasteiger partial charge in [-0.2, -0.15) is 0 Å². The van der Waals surface area contributed by atoms with E-state index >= 15 is 0 Å². The highest BCUT2D eigenvalue weighted by molar-refractivity contribution is 5.74. The number of rotatable bonds is 5. The summed E-state index contributed by atoms with van der Waals surface area (Å²) in [6.07, 6.45) is 3.13. The smallest absolute Gasteiger partial charge is 0.315 e. The molecular weight excluding hydrogens is 204 g/mol. The van der Waals surface area contributed by atoms with Crippen molar-refractivity contribution in [3.63, 3.8) is 0 Å². The van der Waals surface area contributed by atoms with E-state index in [4.69, 9.17) is 4.74 Å². The first-order valence-electron chi connectivity index (χ1n) is 6.32. The van der Waals surface area contributed by atoms with E-state index in [0.717, 1.165) is 25.9 Å². The Balaban J connectivity index is 2.26. The average molecular weight is 228 g/mol. The van der Waals surface area contributed by atoms with Gasteiger partial charge in [0, 0.05) is 12.6 Å². The Morgan fingerprint density at radius 2 is 2.12 bits per heavy atom. The monoisotopic (exact) mass is 228 g/mol. The van der Waals surface area contributed by atoms with Crippen LogP contribution in [0.1, 0.15) is 40.0 Å². The first kappa shape index (κ1) is 13.3. The van der Waals surface area contributed by atoms with Gasteiger partial charge in [-0.25, -0.2) is 4.79 Å². The number of amides is 2. The Hall–Kier alpha value is -0.770. The molecular formula is C12H24N2O2. The van der Waals surface area contributed by atoms with Crippen LogP contribution >= 0.6 is 0 Å². The number of hydrogen-bond acceptors (Lipinski definition) is 2. The second kappa shape index (κ2) is 6.74. The predicted octanol–water partition coefficient (Wildman–Crippen LogP) is 1.90. The van der Waals surface area contributed by atoms with Crippen molar-refractivity contribution < 1.29 is 9.53 Å². The summed E-state index contributed by atoms with van der Waals surface area (Å²) in [5.74, 6) is 0.561. The zero-order valence-electron chi connectivity index (χ0n) is 10.6. The lowest BCUT2D eigenvalue weighted by atomic mass is 9.96. The standard InChI is InChI=1S/C12H24N2O2/c1-4-10(5-2)9(3)13-12(15)14-11-6-7-16-8-11/h9-11H,4-8H2,1-3H3,(H2,13,14,15). The Bertz CT molecular complexity index is 211. The number of ether oxygens (including phenoxy) is 1. The molecule has 0 aromatic carbocycles.